The van der Waals surface area contributed by atoms with E-state index in [9.17, 15) is 9.65 Å². The number of nitrogens with zero attached hydrogens (tertiary/aromatic N) is 4. The van der Waals surface area contributed by atoms with Crippen molar-refractivity contribution in [2.75, 3.05) is 11.5 Å². The Balaban J connectivity index is 1.99. The third-order valence-electron chi connectivity index (χ3n) is 5.08. The Morgan fingerprint density at radius 3 is 1.94 bits per heavy atom. The number of nitrogens with two attached hydrogens (primary N) is 2. The molecule has 7 heteroatoms. The van der Waals surface area contributed by atoms with Gasteiger partial charge >= 0.3 is 0 Å². The summed E-state index contributed by atoms with van der Waals surface area (Å²) < 4.78 is 15.0. The predicted molar refractivity (Wildman–Crippen MR) is 116 cm³/mol. The van der Waals surface area contributed by atoms with E-state index in [1.54, 1.807) is 54.6 Å². The molecule has 0 amide bonds. The summed E-state index contributed by atoms with van der Waals surface area (Å²) in [7, 11) is 0. The van der Waals surface area contributed by atoms with Crippen molar-refractivity contribution in [3.8, 4) is 6.07 Å². The Bertz CT molecular complexity index is 1250. The Labute approximate surface area is 179 Å². The highest BCUT2D eigenvalue weighted by atomic mass is 19.1. The largest absolute Gasteiger partial charge is 0.384 e. The van der Waals surface area contributed by atoms with Crippen LogP contribution in [0.25, 0.3) is 0 Å². The summed E-state index contributed by atoms with van der Waals surface area (Å²) >= 11 is 0. The highest BCUT2D eigenvalue weighted by molar-refractivity contribution is 5.45. The fourth-order valence-electron chi connectivity index (χ4n) is 3.72. The van der Waals surface area contributed by atoms with E-state index in [2.05, 4.69) is 21.0 Å². The van der Waals surface area contributed by atoms with Crippen molar-refractivity contribution in [1.29, 1.82) is 5.26 Å². The van der Waals surface area contributed by atoms with Crippen molar-refractivity contribution < 1.29 is 4.39 Å². The molecule has 3 heterocycles. The Morgan fingerprint density at radius 2 is 1.39 bits per heavy atom. The lowest BCUT2D eigenvalue weighted by Gasteiger charge is -2.28. The van der Waals surface area contributed by atoms with Crippen molar-refractivity contribution in [2.45, 2.75) is 11.8 Å². The fourth-order valence-corrected chi connectivity index (χ4v) is 3.72. The molecule has 6 nitrogen and oxygen atoms in total. The van der Waals surface area contributed by atoms with Gasteiger partial charge in [0.05, 0.1) is 23.0 Å². The van der Waals surface area contributed by atoms with Gasteiger partial charge in [0.1, 0.15) is 11.6 Å². The standard InChI is InChI=1S/C24H19FN6/c25-24-17(4-3-13-29-24)23(19-6-2-8-21(28)31-19)22(18-5-1-7-20(27)30-18)16-11-9-15(14-26)10-12-16/h1-13,22-23H,(H2,27,30)(H2,28,31). The first kappa shape index (κ1) is 20.0. The molecular formula is C24H19FN6. The van der Waals surface area contributed by atoms with Gasteiger partial charge < -0.3 is 11.5 Å². The molecule has 152 valence electrons. The quantitative estimate of drug-likeness (QED) is 0.481. The van der Waals surface area contributed by atoms with E-state index in [0.29, 0.717) is 34.2 Å². The normalized spacial score (nSPS) is 12.6. The molecular weight excluding hydrogens is 391 g/mol. The van der Waals surface area contributed by atoms with E-state index in [4.69, 9.17) is 11.5 Å². The summed E-state index contributed by atoms with van der Waals surface area (Å²) in [6.45, 7) is 0. The molecule has 2 unspecified atom stereocenters. The minimum atomic E-state index is -0.598. The van der Waals surface area contributed by atoms with Gasteiger partial charge in [-0.2, -0.15) is 9.65 Å². The molecule has 0 aliphatic heterocycles. The molecule has 0 aliphatic carbocycles. The molecule has 31 heavy (non-hydrogen) atoms. The number of hydrogen-bond donors (Lipinski definition) is 2. The number of pyridine rings is 3. The molecule has 2 atom stereocenters. The third kappa shape index (κ3) is 4.19. The molecule has 0 fully saturated rings. The van der Waals surface area contributed by atoms with Crippen LogP contribution in [0.5, 0.6) is 0 Å². The Morgan fingerprint density at radius 1 is 0.774 bits per heavy atom. The summed E-state index contributed by atoms with van der Waals surface area (Å²) in [4.78, 5) is 12.9. The van der Waals surface area contributed by atoms with E-state index < -0.39 is 17.8 Å². The van der Waals surface area contributed by atoms with Gasteiger partial charge in [-0.15, -0.1) is 0 Å². The maximum atomic E-state index is 15.0. The van der Waals surface area contributed by atoms with Gasteiger partial charge in [-0.05, 0) is 48.0 Å². The first-order chi connectivity index (χ1) is 15.1. The molecule has 4 rings (SSSR count). The zero-order chi connectivity index (χ0) is 21.8. The summed E-state index contributed by atoms with van der Waals surface area (Å²) in [5.74, 6) is -0.962. The monoisotopic (exact) mass is 410 g/mol. The first-order valence-corrected chi connectivity index (χ1v) is 9.62. The molecule has 0 spiro atoms. The van der Waals surface area contributed by atoms with Crippen LogP contribution in [0.15, 0.2) is 79.0 Å². The average Bonchev–Trinajstić information content (AvgIpc) is 2.78. The van der Waals surface area contributed by atoms with Crippen LogP contribution in [0.2, 0.25) is 0 Å². The third-order valence-corrected chi connectivity index (χ3v) is 5.08. The van der Waals surface area contributed by atoms with Crippen LogP contribution in [0.4, 0.5) is 16.0 Å². The van der Waals surface area contributed by atoms with Crippen LogP contribution in [-0.4, -0.2) is 15.0 Å². The van der Waals surface area contributed by atoms with Gasteiger partial charge in [-0.3, -0.25) is 0 Å². The topological polar surface area (TPSA) is 114 Å². The van der Waals surface area contributed by atoms with Crippen LogP contribution in [0.1, 0.15) is 39.9 Å². The smallest absolute Gasteiger partial charge is 0.216 e. The molecule has 3 aromatic heterocycles. The fraction of sp³-hybridized carbons (Fsp3) is 0.0833. The van der Waals surface area contributed by atoms with Crippen LogP contribution in [0, 0.1) is 17.3 Å². The van der Waals surface area contributed by atoms with Crippen LogP contribution in [0.3, 0.4) is 0 Å². The number of anilines is 2. The van der Waals surface area contributed by atoms with Crippen molar-refractivity contribution in [1.82, 2.24) is 15.0 Å². The zero-order valence-electron chi connectivity index (χ0n) is 16.5. The highest BCUT2D eigenvalue weighted by Gasteiger charge is 2.32. The zero-order valence-corrected chi connectivity index (χ0v) is 16.5. The summed E-state index contributed by atoms with van der Waals surface area (Å²) in [5.41, 5.74) is 14.9. The van der Waals surface area contributed by atoms with E-state index in [-0.39, 0.29) is 0 Å². The van der Waals surface area contributed by atoms with Crippen molar-refractivity contribution in [2.24, 2.45) is 0 Å². The maximum absolute atomic E-state index is 15.0. The Kier molecular flexibility index (Phi) is 5.54. The van der Waals surface area contributed by atoms with E-state index in [1.165, 1.54) is 6.20 Å². The van der Waals surface area contributed by atoms with Gasteiger partial charge in [0.2, 0.25) is 5.95 Å². The van der Waals surface area contributed by atoms with E-state index in [0.717, 1.165) is 5.56 Å². The predicted octanol–water partition coefficient (Wildman–Crippen LogP) is 4.01. The van der Waals surface area contributed by atoms with Crippen LogP contribution < -0.4 is 11.5 Å². The number of aromatic nitrogens is 3. The number of benzene rings is 1. The SMILES string of the molecule is N#Cc1ccc(C(c2cccc(N)n2)C(c2cccc(N)n2)c2cccnc2F)cc1. The molecule has 0 radical (unpaired) electrons. The van der Waals surface area contributed by atoms with Crippen molar-refractivity contribution in [3.63, 3.8) is 0 Å². The number of rotatable bonds is 5. The minimum Gasteiger partial charge on any atom is -0.384 e. The van der Waals surface area contributed by atoms with Gasteiger partial charge in [-0.25, -0.2) is 15.0 Å². The molecule has 0 saturated heterocycles. The number of nitrogen functional groups attached to an aromatic ring is 2. The van der Waals surface area contributed by atoms with Gasteiger partial charge in [0.15, 0.2) is 0 Å². The summed E-state index contributed by atoms with van der Waals surface area (Å²) in [5, 5.41) is 9.19. The number of hydrogen-bond acceptors (Lipinski definition) is 6. The number of halogens is 1. The minimum absolute atomic E-state index is 0.325. The molecule has 4 aromatic rings. The van der Waals surface area contributed by atoms with Crippen molar-refractivity contribution >= 4 is 11.6 Å². The molecule has 1 aromatic carbocycles. The summed E-state index contributed by atoms with van der Waals surface area (Å²) in [6, 6.07) is 23.2. The second-order valence-electron chi connectivity index (χ2n) is 7.05. The summed E-state index contributed by atoms with van der Waals surface area (Å²) in [6.07, 6.45) is 1.40. The van der Waals surface area contributed by atoms with Crippen LogP contribution in [-0.2, 0) is 0 Å². The highest BCUT2D eigenvalue weighted by Crippen LogP contribution is 2.42. The lowest BCUT2D eigenvalue weighted by molar-refractivity contribution is 0.538. The molecule has 0 saturated carbocycles. The van der Waals surface area contributed by atoms with E-state index >= 15 is 0 Å². The molecule has 0 bridgehead atoms. The first-order valence-electron chi connectivity index (χ1n) is 9.62. The van der Waals surface area contributed by atoms with Gasteiger partial charge in [0, 0.05) is 23.6 Å². The second-order valence-corrected chi connectivity index (χ2v) is 7.05. The van der Waals surface area contributed by atoms with Gasteiger partial charge in [-0.1, -0.05) is 30.3 Å². The maximum Gasteiger partial charge on any atom is 0.216 e. The van der Waals surface area contributed by atoms with Crippen molar-refractivity contribution in [3.05, 3.63) is 113 Å². The lowest BCUT2D eigenvalue weighted by atomic mass is 9.77. The second kappa shape index (κ2) is 8.59. The van der Waals surface area contributed by atoms with Gasteiger partial charge in [0.25, 0.3) is 0 Å². The molecule has 0 aliphatic rings. The molecule has 4 N–H and O–H groups in total. The van der Waals surface area contributed by atoms with E-state index in [1.807, 2.05) is 18.2 Å². The number of nitriles is 1. The average molecular weight is 410 g/mol. The van der Waals surface area contributed by atoms with Crippen LogP contribution >= 0.6 is 0 Å². The lowest BCUT2D eigenvalue weighted by Crippen LogP contribution is -2.19. The Hall–Kier alpha value is -4.31.